The molecule has 0 atom stereocenters. The van der Waals surface area contributed by atoms with Gasteiger partial charge in [0.05, 0.1) is 12.3 Å². The van der Waals surface area contributed by atoms with Crippen molar-refractivity contribution < 1.29 is 17.9 Å². The van der Waals surface area contributed by atoms with Gasteiger partial charge in [0.1, 0.15) is 10.7 Å². The van der Waals surface area contributed by atoms with Crippen LogP contribution >= 0.6 is 0 Å². The summed E-state index contributed by atoms with van der Waals surface area (Å²) in [5.41, 5.74) is 1.29. The van der Waals surface area contributed by atoms with Crippen LogP contribution < -0.4 is 4.72 Å². The standard InChI is InChI=1S/C14H14FNO3S/c1-10-6-7-12(15)14(8-10)20(18,19)16-13-5-3-2-4-11(13)9-17/h2-8,16-17H,9H2,1H3. The maximum absolute atomic E-state index is 13.7. The summed E-state index contributed by atoms with van der Waals surface area (Å²) in [5.74, 6) is -0.815. The fourth-order valence-electron chi connectivity index (χ4n) is 1.77. The number of halogens is 1. The Morgan fingerprint density at radius 3 is 2.60 bits per heavy atom. The van der Waals surface area contributed by atoms with Crippen molar-refractivity contribution in [3.8, 4) is 0 Å². The third-order valence-corrected chi connectivity index (χ3v) is 4.19. The molecular formula is C14H14FNO3S. The second kappa shape index (κ2) is 5.60. The number of hydrogen-bond acceptors (Lipinski definition) is 3. The topological polar surface area (TPSA) is 66.4 Å². The number of aliphatic hydroxyl groups is 1. The minimum atomic E-state index is -4.04. The summed E-state index contributed by atoms with van der Waals surface area (Å²) in [7, 11) is -4.04. The van der Waals surface area contributed by atoms with Crippen LogP contribution in [0.4, 0.5) is 10.1 Å². The number of aryl methyl sites for hydroxylation is 1. The number of anilines is 1. The van der Waals surface area contributed by atoms with E-state index in [9.17, 15) is 17.9 Å². The van der Waals surface area contributed by atoms with Crippen molar-refractivity contribution in [2.45, 2.75) is 18.4 Å². The summed E-state index contributed by atoms with van der Waals surface area (Å²) in [5, 5.41) is 9.18. The number of benzene rings is 2. The van der Waals surface area contributed by atoms with Crippen LogP contribution in [0.15, 0.2) is 47.4 Å². The summed E-state index contributed by atoms with van der Waals surface area (Å²) in [6.45, 7) is 1.37. The first-order valence-electron chi connectivity index (χ1n) is 5.92. The van der Waals surface area contributed by atoms with Gasteiger partial charge in [-0.1, -0.05) is 24.3 Å². The molecule has 0 aliphatic carbocycles. The average Bonchev–Trinajstić information content (AvgIpc) is 2.41. The molecule has 0 aliphatic rings. The molecule has 0 heterocycles. The van der Waals surface area contributed by atoms with Crippen LogP contribution in [0.1, 0.15) is 11.1 Å². The zero-order chi connectivity index (χ0) is 14.8. The summed E-state index contributed by atoms with van der Waals surface area (Å²) in [6, 6.07) is 10.3. The van der Waals surface area contributed by atoms with E-state index >= 15 is 0 Å². The maximum atomic E-state index is 13.7. The summed E-state index contributed by atoms with van der Waals surface area (Å²) in [6.07, 6.45) is 0. The minimum Gasteiger partial charge on any atom is -0.392 e. The van der Waals surface area contributed by atoms with E-state index in [4.69, 9.17) is 0 Å². The Morgan fingerprint density at radius 2 is 1.90 bits per heavy atom. The smallest absolute Gasteiger partial charge is 0.264 e. The Labute approximate surface area is 116 Å². The van der Waals surface area contributed by atoms with Crippen molar-refractivity contribution in [2.24, 2.45) is 0 Å². The van der Waals surface area contributed by atoms with Crippen LogP contribution in [0.2, 0.25) is 0 Å². The van der Waals surface area contributed by atoms with Crippen LogP contribution in [-0.4, -0.2) is 13.5 Å². The second-order valence-electron chi connectivity index (χ2n) is 4.35. The molecule has 2 rings (SSSR count). The van der Waals surface area contributed by atoms with E-state index in [-0.39, 0.29) is 12.3 Å². The third-order valence-electron chi connectivity index (χ3n) is 2.81. The molecule has 0 unspecified atom stereocenters. The van der Waals surface area contributed by atoms with Crippen molar-refractivity contribution in [3.63, 3.8) is 0 Å². The van der Waals surface area contributed by atoms with Crippen molar-refractivity contribution in [3.05, 3.63) is 59.4 Å². The number of para-hydroxylation sites is 1. The predicted octanol–water partition coefficient (Wildman–Crippen LogP) is 2.43. The predicted molar refractivity (Wildman–Crippen MR) is 74.3 cm³/mol. The summed E-state index contributed by atoms with van der Waals surface area (Å²) in [4.78, 5) is -0.412. The van der Waals surface area contributed by atoms with Gasteiger partial charge in [-0.25, -0.2) is 12.8 Å². The highest BCUT2D eigenvalue weighted by molar-refractivity contribution is 7.92. The van der Waals surface area contributed by atoms with Crippen LogP contribution in [0.25, 0.3) is 0 Å². The molecule has 0 aromatic heterocycles. The Hall–Kier alpha value is -1.92. The van der Waals surface area contributed by atoms with Crippen LogP contribution in [-0.2, 0) is 16.6 Å². The molecule has 0 fully saturated rings. The van der Waals surface area contributed by atoms with Crippen molar-refractivity contribution in [1.82, 2.24) is 0 Å². The molecule has 2 N–H and O–H groups in total. The van der Waals surface area contributed by atoms with Gasteiger partial charge in [-0.05, 0) is 30.7 Å². The molecule has 0 saturated carbocycles. The van der Waals surface area contributed by atoms with Gasteiger partial charge in [-0.3, -0.25) is 4.72 Å². The lowest BCUT2D eigenvalue weighted by atomic mass is 10.2. The lowest BCUT2D eigenvalue weighted by Crippen LogP contribution is -2.16. The number of aliphatic hydroxyl groups excluding tert-OH is 1. The van der Waals surface area contributed by atoms with Crippen LogP contribution in [0.5, 0.6) is 0 Å². The maximum Gasteiger partial charge on any atom is 0.264 e. The Kier molecular flexibility index (Phi) is 4.06. The highest BCUT2D eigenvalue weighted by Gasteiger charge is 2.20. The molecule has 4 nitrogen and oxygen atoms in total. The quantitative estimate of drug-likeness (QED) is 0.910. The highest BCUT2D eigenvalue weighted by atomic mass is 32.2. The normalized spacial score (nSPS) is 11.3. The van der Waals surface area contributed by atoms with Crippen molar-refractivity contribution in [1.29, 1.82) is 0 Å². The van der Waals surface area contributed by atoms with Gasteiger partial charge in [0.15, 0.2) is 0 Å². The van der Waals surface area contributed by atoms with Gasteiger partial charge in [-0.15, -0.1) is 0 Å². The molecular weight excluding hydrogens is 281 g/mol. The zero-order valence-corrected chi connectivity index (χ0v) is 11.6. The molecule has 6 heteroatoms. The van der Waals surface area contributed by atoms with Crippen molar-refractivity contribution in [2.75, 3.05) is 4.72 Å². The number of rotatable bonds is 4. The Balaban J connectivity index is 2.43. The molecule has 0 spiro atoms. The summed E-state index contributed by atoms with van der Waals surface area (Å²) >= 11 is 0. The Bertz CT molecular complexity index is 729. The van der Waals surface area contributed by atoms with Crippen LogP contribution in [0.3, 0.4) is 0 Å². The SMILES string of the molecule is Cc1ccc(F)c(S(=O)(=O)Nc2ccccc2CO)c1. The zero-order valence-electron chi connectivity index (χ0n) is 10.8. The molecule has 0 radical (unpaired) electrons. The molecule has 0 saturated heterocycles. The van der Waals surface area contributed by atoms with E-state index in [0.717, 1.165) is 6.07 Å². The molecule has 0 aliphatic heterocycles. The van der Waals surface area contributed by atoms with Gasteiger partial charge in [-0.2, -0.15) is 0 Å². The van der Waals surface area contributed by atoms with Crippen molar-refractivity contribution >= 4 is 15.7 Å². The fraction of sp³-hybridized carbons (Fsp3) is 0.143. The van der Waals surface area contributed by atoms with E-state index in [0.29, 0.717) is 11.1 Å². The molecule has 20 heavy (non-hydrogen) atoms. The van der Waals surface area contributed by atoms with Gasteiger partial charge in [0, 0.05) is 5.56 Å². The van der Waals surface area contributed by atoms with E-state index in [2.05, 4.69) is 4.72 Å². The third kappa shape index (κ3) is 2.97. The van der Waals surface area contributed by atoms with Gasteiger partial charge >= 0.3 is 0 Å². The molecule has 0 bridgehead atoms. The lowest BCUT2D eigenvalue weighted by molar-refractivity contribution is 0.282. The number of sulfonamides is 1. The molecule has 2 aromatic carbocycles. The van der Waals surface area contributed by atoms with Gasteiger partial charge in [0.25, 0.3) is 10.0 Å². The fourth-order valence-corrected chi connectivity index (χ4v) is 3.04. The molecule has 2 aromatic rings. The monoisotopic (exact) mass is 295 g/mol. The van der Waals surface area contributed by atoms with Gasteiger partial charge in [0.2, 0.25) is 0 Å². The van der Waals surface area contributed by atoms with E-state index in [1.165, 1.54) is 18.2 Å². The van der Waals surface area contributed by atoms with E-state index < -0.39 is 20.7 Å². The molecule has 106 valence electrons. The minimum absolute atomic E-state index is 0.232. The van der Waals surface area contributed by atoms with Gasteiger partial charge < -0.3 is 5.11 Å². The first-order valence-corrected chi connectivity index (χ1v) is 7.40. The van der Waals surface area contributed by atoms with E-state index in [1.807, 2.05) is 0 Å². The van der Waals surface area contributed by atoms with Crippen LogP contribution in [0, 0.1) is 12.7 Å². The van der Waals surface area contributed by atoms with E-state index in [1.54, 1.807) is 25.1 Å². The molecule has 0 amide bonds. The first kappa shape index (κ1) is 14.5. The number of hydrogen-bond donors (Lipinski definition) is 2. The second-order valence-corrected chi connectivity index (χ2v) is 6.01. The first-order chi connectivity index (χ1) is 9.44. The number of nitrogens with one attached hydrogen (secondary N) is 1. The lowest BCUT2D eigenvalue weighted by Gasteiger charge is -2.12. The highest BCUT2D eigenvalue weighted by Crippen LogP contribution is 2.22. The largest absolute Gasteiger partial charge is 0.392 e. The Morgan fingerprint density at radius 1 is 1.20 bits per heavy atom. The average molecular weight is 295 g/mol. The summed E-state index contributed by atoms with van der Waals surface area (Å²) < 4.78 is 40.4.